The van der Waals surface area contributed by atoms with E-state index in [0.717, 1.165) is 10.8 Å². The van der Waals surface area contributed by atoms with Gasteiger partial charge in [0.15, 0.2) is 0 Å². The van der Waals surface area contributed by atoms with Crippen LogP contribution in [-0.4, -0.2) is 10.2 Å². The number of aromatic hydroxyl groups is 2. The highest BCUT2D eigenvalue weighted by Gasteiger charge is 2.17. The van der Waals surface area contributed by atoms with E-state index >= 15 is 0 Å². The predicted octanol–water partition coefficient (Wildman–Crippen LogP) is 6.46. The highest BCUT2D eigenvalue weighted by molar-refractivity contribution is 7.17. The van der Waals surface area contributed by atoms with E-state index in [1.165, 1.54) is 60.5 Å². The summed E-state index contributed by atoms with van der Waals surface area (Å²) in [5.74, 6) is 0.621. The number of hydrogen-bond donors (Lipinski definition) is 2. The van der Waals surface area contributed by atoms with Crippen LogP contribution in [0.4, 0.5) is 0 Å². The first-order chi connectivity index (χ1) is 14.7. The van der Waals surface area contributed by atoms with Crippen molar-refractivity contribution in [2.45, 2.75) is 0 Å². The topological polar surface area (TPSA) is 40.5 Å². The minimum atomic E-state index is 0.311. The Hall–Kier alpha value is -3.34. The molecule has 6 aromatic rings. The molecule has 0 saturated heterocycles. The Kier molecular flexibility index (Phi) is 2.51. The normalized spacial score (nSPS) is 12.9. The summed E-state index contributed by atoms with van der Waals surface area (Å²) in [7, 11) is 0. The summed E-state index contributed by atoms with van der Waals surface area (Å²) in [6.45, 7) is 0. The Morgan fingerprint density at radius 2 is 0.933 bits per heavy atom. The van der Waals surface area contributed by atoms with E-state index in [-0.39, 0.29) is 0 Å². The summed E-state index contributed by atoms with van der Waals surface area (Å²) in [5.41, 5.74) is 0. The van der Waals surface area contributed by atoms with Crippen LogP contribution in [0.2, 0.25) is 0 Å². The van der Waals surface area contributed by atoms with Gasteiger partial charge in [-0.1, -0.05) is 24.3 Å². The van der Waals surface area contributed by atoms with Crippen LogP contribution in [0.5, 0.6) is 11.5 Å². The minimum Gasteiger partial charge on any atom is -0.508 e. The maximum Gasteiger partial charge on any atom is 0.116 e. The third-order valence-electron chi connectivity index (χ3n) is 6.53. The lowest BCUT2D eigenvalue weighted by Gasteiger charge is -1.99. The van der Waals surface area contributed by atoms with E-state index in [4.69, 9.17) is 0 Å². The molecular weight excluding hydrogens is 408 g/mol. The molecule has 0 aliphatic heterocycles. The van der Waals surface area contributed by atoms with Gasteiger partial charge in [0.25, 0.3) is 0 Å². The molecule has 4 aromatic carbocycles. The van der Waals surface area contributed by atoms with Gasteiger partial charge in [0.05, 0.1) is 0 Å². The van der Waals surface area contributed by atoms with Crippen molar-refractivity contribution >= 4 is 53.6 Å². The quantitative estimate of drug-likeness (QED) is 0.296. The fourth-order valence-corrected chi connectivity index (χ4v) is 7.83. The highest BCUT2D eigenvalue weighted by atomic mass is 32.1. The second kappa shape index (κ2) is 4.86. The Balaban J connectivity index is 1.76. The summed E-state index contributed by atoms with van der Waals surface area (Å²) >= 11 is 3.61. The van der Waals surface area contributed by atoms with Crippen LogP contribution < -0.4 is 0 Å². The lowest BCUT2D eigenvalue weighted by Crippen LogP contribution is -1.80. The standard InChI is InChI=1S/C26H12O2S2/c27-11-1-7-19-17(9-11)23-13-3-6-16-22-14(4-5-15(21(13)22)25(23)29-19)24-18-10-12(28)2-8-20(18)30-26(16)24/h1-10,27-28H. The van der Waals surface area contributed by atoms with Crippen molar-refractivity contribution in [2.24, 2.45) is 0 Å². The Morgan fingerprint density at radius 3 is 1.40 bits per heavy atom. The maximum atomic E-state index is 10.1. The summed E-state index contributed by atoms with van der Waals surface area (Å²) in [5, 5.41) is 32.7. The number of fused-ring (bicyclic) bond motifs is 6. The molecule has 30 heavy (non-hydrogen) atoms. The third kappa shape index (κ3) is 1.61. The number of thiophene rings is 2. The van der Waals surface area contributed by atoms with Gasteiger partial charge in [-0.15, -0.1) is 22.7 Å². The summed E-state index contributed by atoms with van der Waals surface area (Å²) in [4.78, 5) is 0. The van der Waals surface area contributed by atoms with E-state index in [1.54, 1.807) is 34.8 Å². The number of phenols is 2. The number of phenolic OH excluding ortho intramolecular Hbond substituents is 2. The monoisotopic (exact) mass is 420 g/mol. The van der Waals surface area contributed by atoms with E-state index in [0.29, 0.717) is 11.5 Å². The molecule has 0 saturated carbocycles. The third-order valence-corrected chi connectivity index (χ3v) is 8.94. The lowest BCUT2D eigenvalue weighted by molar-refractivity contribution is 0.475. The SMILES string of the molecule is Oc1ccc2sc3c(c2c1)=c1ccc2c4c(ccc=3c14)=c1c=2sc2ccc(O)cc12. The first-order valence-electron chi connectivity index (χ1n) is 9.81. The molecule has 2 heterocycles. The van der Waals surface area contributed by atoms with Crippen LogP contribution >= 0.6 is 22.7 Å². The van der Waals surface area contributed by atoms with Crippen LogP contribution in [0.1, 0.15) is 0 Å². The molecular formula is C26H12O2S2. The predicted molar refractivity (Wildman–Crippen MR) is 122 cm³/mol. The Bertz CT molecular complexity index is 2030. The molecule has 0 spiro atoms. The molecule has 0 amide bonds. The minimum absolute atomic E-state index is 0.311. The van der Waals surface area contributed by atoms with Gasteiger partial charge in [0.2, 0.25) is 0 Å². The van der Waals surface area contributed by atoms with Gasteiger partial charge >= 0.3 is 0 Å². The van der Waals surface area contributed by atoms with Crippen LogP contribution in [0.25, 0.3) is 30.9 Å². The van der Waals surface area contributed by atoms with E-state index in [9.17, 15) is 10.2 Å². The van der Waals surface area contributed by atoms with Gasteiger partial charge in [-0.25, -0.2) is 0 Å². The molecule has 0 bridgehead atoms. The van der Waals surface area contributed by atoms with E-state index in [2.05, 4.69) is 24.3 Å². The van der Waals surface area contributed by atoms with Crippen molar-refractivity contribution in [2.75, 3.05) is 0 Å². The first-order valence-corrected chi connectivity index (χ1v) is 11.4. The van der Waals surface area contributed by atoms with Gasteiger partial charge in [0, 0.05) is 50.1 Å². The number of hydrogen-bond acceptors (Lipinski definition) is 4. The average Bonchev–Trinajstić information content (AvgIpc) is 3.44. The maximum absolute atomic E-state index is 10.1. The molecule has 0 unspecified atom stereocenters. The van der Waals surface area contributed by atoms with Crippen LogP contribution in [0, 0.1) is 40.4 Å². The second-order valence-electron chi connectivity index (χ2n) is 8.04. The smallest absolute Gasteiger partial charge is 0.116 e. The Morgan fingerprint density at radius 1 is 0.500 bits per heavy atom. The fraction of sp³-hybridized carbons (Fsp3) is 0. The molecule has 0 atom stereocenters. The van der Waals surface area contributed by atoms with Crippen molar-refractivity contribution in [3.8, 4) is 11.5 Å². The van der Waals surface area contributed by atoms with E-state index < -0.39 is 0 Å². The Labute approximate surface area is 176 Å². The molecule has 2 N–H and O–H groups in total. The van der Waals surface area contributed by atoms with Crippen molar-refractivity contribution in [3.05, 3.63) is 101 Å². The molecule has 2 aromatic heterocycles. The lowest BCUT2D eigenvalue weighted by atomic mass is 10.0. The van der Waals surface area contributed by atoms with Crippen LogP contribution in [-0.2, 0) is 0 Å². The van der Waals surface area contributed by atoms with Crippen LogP contribution in [0.3, 0.4) is 0 Å². The molecule has 0 radical (unpaired) electrons. The van der Waals surface area contributed by atoms with Crippen molar-refractivity contribution in [1.29, 1.82) is 0 Å². The van der Waals surface area contributed by atoms with Crippen molar-refractivity contribution in [1.82, 2.24) is 0 Å². The van der Waals surface area contributed by atoms with Gasteiger partial charge in [-0.05, 0) is 57.6 Å². The van der Waals surface area contributed by atoms with Gasteiger partial charge < -0.3 is 10.2 Å². The van der Waals surface area contributed by atoms with Crippen LogP contribution in [0.15, 0.2) is 60.7 Å². The highest BCUT2D eigenvalue weighted by Crippen LogP contribution is 2.38. The van der Waals surface area contributed by atoms with Gasteiger partial charge in [-0.3, -0.25) is 0 Å². The zero-order valence-electron chi connectivity index (χ0n) is 15.5. The van der Waals surface area contributed by atoms with Crippen molar-refractivity contribution in [3.63, 3.8) is 0 Å². The summed E-state index contributed by atoms with van der Waals surface area (Å²) in [6, 6.07) is 20.4. The molecule has 2 aliphatic rings. The first kappa shape index (κ1) is 15.5. The molecule has 2 nitrogen and oxygen atoms in total. The average molecular weight is 421 g/mol. The summed E-state index contributed by atoms with van der Waals surface area (Å²) in [6.07, 6.45) is 0. The summed E-state index contributed by atoms with van der Waals surface area (Å²) < 4.78 is 5.01. The van der Waals surface area contributed by atoms with Crippen molar-refractivity contribution < 1.29 is 10.2 Å². The molecule has 2 aliphatic carbocycles. The fourth-order valence-electron chi connectivity index (χ4n) is 5.38. The molecule has 8 rings (SSSR count). The zero-order chi connectivity index (χ0) is 19.7. The zero-order valence-corrected chi connectivity index (χ0v) is 17.1. The largest absolute Gasteiger partial charge is 0.508 e. The molecule has 4 heteroatoms. The van der Waals surface area contributed by atoms with Gasteiger partial charge in [-0.2, -0.15) is 0 Å². The number of rotatable bonds is 0. The van der Waals surface area contributed by atoms with E-state index in [1.807, 2.05) is 24.3 Å². The molecule has 140 valence electrons. The molecule has 0 fully saturated rings. The number of benzene rings is 4. The van der Waals surface area contributed by atoms with Gasteiger partial charge in [0.1, 0.15) is 11.5 Å². The second-order valence-corrected chi connectivity index (χ2v) is 10.1.